The smallest absolute Gasteiger partial charge is 0.311 e. The van der Waals surface area contributed by atoms with Crippen LogP contribution in [0.3, 0.4) is 0 Å². The van der Waals surface area contributed by atoms with E-state index in [1.165, 1.54) is 12.1 Å². The first kappa shape index (κ1) is 11.8. The molecule has 9 heteroatoms. The van der Waals surface area contributed by atoms with Crippen LogP contribution in [0.4, 0.5) is 17.3 Å². The molecular weight excluding hydrogens is 238 g/mol. The number of nitrogen functional groups attached to an aromatic ring is 1. The Morgan fingerprint density at radius 1 is 1.56 bits per heavy atom. The van der Waals surface area contributed by atoms with Gasteiger partial charge in [0, 0.05) is 13.1 Å². The largest absolute Gasteiger partial charge is 0.378 e. The summed E-state index contributed by atoms with van der Waals surface area (Å²) in [7, 11) is 1.81. The number of pyridine rings is 1. The summed E-state index contributed by atoms with van der Waals surface area (Å²) in [5.41, 5.74) is 5.27. The van der Waals surface area contributed by atoms with Crippen LogP contribution in [-0.2, 0) is 13.6 Å². The topological polar surface area (TPSA) is 125 Å². The van der Waals surface area contributed by atoms with Crippen LogP contribution in [0.2, 0.25) is 0 Å². The van der Waals surface area contributed by atoms with Gasteiger partial charge >= 0.3 is 5.69 Å². The van der Waals surface area contributed by atoms with E-state index in [0.717, 1.165) is 0 Å². The number of anilines is 2. The van der Waals surface area contributed by atoms with Gasteiger partial charge in [0.15, 0.2) is 5.82 Å². The van der Waals surface area contributed by atoms with E-state index in [9.17, 15) is 10.1 Å². The highest BCUT2D eigenvalue weighted by Gasteiger charge is 2.12. The van der Waals surface area contributed by atoms with Gasteiger partial charge in [0.2, 0.25) is 5.82 Å². The van der Waals surface area contributed by atoms with Gasteiger partial charge in [-0.15, -0.1) is 10.2 Å². The molecule has 18 heavy (non-hydrogen) atoms. The van der Waals surface area contributed by atoms with Crippen LogP contribution in [0.5, 0.6) is 0 Å². The Labute approximate surface area is 102 Å². The van der Waals surface area contributed by atoms with Crippen molar-refractivity contribution in [3.05, 3.63) is 34.4 Å². The first-order valence-electron chi connectivity index (χ1n) is 5.05. The average Bonchev–Trinajstić information content (AvgIpc) is 2.72. The quantitative estimate of drug-likeness (QED) is 0.590. The summed E-state index contributed by atoms with van der Waals surface area (Å²) in [6, 6.07) is 2.80. The van der Waals surface area contributed by atoms with Gasteiger partial charge in [-0.2, -0.15) is 0 Å². The van der Waals surface area contributed by atoms with E-state index in [-0.39, 0.29) is 11.5 Å². The van der Waals surface area contributed by atoms with Crippen molar-refractivity contribution in [1.29, 1.82) is 0 Å². The third kappa shape index (κ3) is 2.34. The number of nitrogens with two attached hydrogens (primary N) is 1. The lowest BCUT2D eigenvalue weighted by molar-refractivity contribution is -0.384. The maximum absolute atomic E-state index is 10.6. The van der Waals surface area contributed by atoms with Gasteiger partial charge in [-0.25, -0.2) is 4.98 Å². The molecule has 0 saturated heterocycles. The van der Waals surface area contributed by atoms with Crippen LogP contribution in [0, 0.1) is 10.1 Å². The molecule has 0 radical (unpaired) electrons. The normalized spacial score (nSPS) is 10.3. The van der Waals surface area contributed by atoms with E-state index in [0.29, 0.717) is 18.2 Å². The minimum Gasteiger partial charge on any atom is -0.378 e. The summed E-state index contributed by atoms with van der Waals surface area (Å²) in [5, 5.41) is 21.1. The SMILES string of the molecule is Cn1cnnc1CNc1ccc([N+](=O)[O-])c(N)n1. The second-order valence-electron chi connectivity index (χ2n) is 3.57. The van der Waals surface area contributed by atoms with Gasteiger partial charge < -0.3 is 15.6 Å². The molecule has 2 aromatic heterocycles. The number of hydrogen-bond acceptors (Lipinski definition) is 7. The molecule has 2 rings (SSSR count). The van der Waals surface area contributed by atoms with Crippen LogP contribution in [-0.4, -0.2) is 24.7 Å². The summed E-state index contributed by atoms with van der Waals surface area (Å²) in [6.07, 6.45) is 1.58. The summed E-state index contributed by atoms with van der Waals surface area (Å²) < 4.78 is 1.75. The molecule has 0 aliphatic heterocycles. The molecule has 2 heterocycles. The Balaban J connectivity index is 2.09. The fourth-order valence-electron chi connectivity index (χ4n) is 1.36. The highest BCUT2D eigenvalue weighted by molar-refractivity contribution is 5.57. The predicted octanol–water partition coefficient (Wildman–Crippen LogP) is 0.313. The molecule has 0 spiro atoms. The van der Waals surface area contributed by atoms with Crippen molar-refractivity contribution >= 4 is 17.3 Å². The third-order valence-corrected chi connectivity index (χ3v) is 2.33. The Morgan fingerprint density at radius 3 is 2.89 bits per heavy atom. The number of rotatable bonds is 4. The van der Waals surface area contributed by atoms with Gasteiger partial charge in [-0.3, -0.25) is 10.1 Å². The first-order chi connectivity index (χ1) is 8.58. The molecule has 0 bridgehead atoms. The molecule has 0 atom stereocenters. The molecule has 2 aromatic rings. The molecule has 0 unspecified atom stereocenters. The van der Waals surface area contributed by atoms with Crippen molar-refractivity contribution in [1.82, 2.24) is 19.7 Å². The molecule has 9 nitrogen and oxygen atoms in total. The lowest BCUT2D eigenvalue weighted by Crippen LogP contribution is -2.08. The Kier molecular flexibility index (Phi) is 3.04. The van der Waals surface area contributed by atoms with Crippen LogP contribution in [0.1, 0.15) is 5.82 Å². The number of aryl methyl sites for hydroxylation is 1. The van der Waals surface area contributed by atoms with E-state index in [1.54, 1.807) is 10.9 Å². The van der Waals surface area contributed by atoms with E-state index < -0.39 is 4.92 Å². The van der Waals surface area contributed by atoms with Gasteiger partial charge in [0.05, 0.1) is 11.5 Å². The van der Waals surface area contributed by atoms with Crippen LogP contribution >= 0.6 is 0 Å². The van der Waals surface area contributed by atoms with E-state index in [4.69, 9.17) is 5.73 Å². The average molecular weight is 249 g/mol. The third-order valence-electron chi connectivity index (χ3n) is 2.33. The Hall–Kier alpha value is -2.71. The van der Waals surface area contributed by atoms with Crippen LogP contribution < -0.4 is 11.1 Å². The predicted molar refractivity (Wildman–Crippen MR) is 63.6 cm³/mol. The fraction of sp³-hybridized carbons (Fsp3) is 0.222. The lowest BCUT2D eigenvalue weighted by atomic mass is 10.4. The highest BCUT2D eigenvalue weighted by atomic mass is 16.6. The number of hydrogen-bond donors (Lipinski definition) is 2. The zero-order valence-electron chi connectivity index (χ0n) is 9.57. The van der Waals surface area contributed by atoms with Crippen LogP contribution in [0.15, 0.2) is 18.5 Å². The number of nitro groups is 1. The zero-order chi connectivity index (χ0) is 13.1. The van der Waals surface area contributed by atoms with Crippen molar-refractivity contribution in [2.75, 3.05) is 11.1 Å². The van der Waals surface area contributed by atoms with Gasteiger partial charge in [-0.05, 0) is 6.07 Å². The van der Waals surface area contributed by atoms with E-state index in [1.807, 2.05) is 7.05 Å². The van der Waals surface area contributed by atoms with Crippen molar-refractivity contribution in [2.45, 2.75) is 6.54 Å². The second kappa shape index (κ2) is 4.65. The Morgan fingerprint density at radius 2 is 2.33 bits per heavy atom. The standard InChI is InChI=1S/C9H11N7O2/c1-15-5-12-14-8(15)4-11-7-3-2-6(16(17)18)9(10)13-7/h2-3,5H,4H2,1H3,(H3,10,11,13). The number of aromatic nitrogens is 4. The maximum atomic E-state index is 10.6. The molecule has 3 N–H and O–H groups in total. The van der Waals surface area contributed by atoms with Crippen molar-refractivity contribution < 1.29 is 4.92 Å². The first-order valence-corrected chi connectivity index (χ1v) is 5.05. The molecular formula is C9H11N7O2. The monoisotopic (exact) mass is 249 g/mol. The van der Waals surface area contributed by atoms with Crippen molar-refractivity contribution in [2.24, 2.45) is 7.05 Å². The lowest BCUT2D eigenvalue weighted by Gasteiger charge is -2.05. The number of nitrogens with zero attached hydrogens (tertiary/aromatic N) is 5. The van der Waals surface area contributed by atoms with Crippen molar-refractivity contribution in [3.63, 3.8) is 0 Å². The maximum Gasteiger partial charge on any atom is 0.311 e. The summed E-state index contributed by atoms with van der Waals surface area (Å²) >= 11 is 0. The van der Waals surface area contributed by atoms with E-state index >= 15 is 0 Å². The molecule has 0 aliphatic rings. The molecule has 0 aliphatic carbocycles. The molecule has 0 amide bonds. The minimum atomic E-state index is -0.575. The van der Waals surface area contributed by atoms with E-state index in [2.05, 4.69) is 20.5 Å². The summed E-state index contributed by atoms with van der Waals surface area (Å²) in [5.74, 6) is 1.04. The van der Waals surface area contributed by atoms with Crippen molar-refractivity contribution in [3.8, 4) is 0 Å². The van der Waals surface area contributed by atoms with Crippen LogP contribution in [0.25, 0.3) is 0 Å². The number of nitrogens with one attached hydrogen (secondary N) is 1. The molecule has 94 valence electrons. The zero-order valence-corrected chi connectivity index (χ0v) is 9.57. The minimum absolute atomic E-state index is 0.122. The highest BCUT2D eigenvalue weighted by Crippen LogP contribution is 2.20. The molecule has 0 aromatic carbocycles. The van der Waals surface area contributed by atoms with Gasteiger partial charge in [-0.1, -0.05) is 0 Å². The Bertz CT molecular complexity index is 580. The van der Waals surface area contributed by atoms with Gasteiger partial charge in [0.25, 0.3) is 0 Å². The molecule has 0 saturated carbocycles. The summed E-state index contributed by atoms with van der Waals surface area (Å²) in [6.45, 7) is 0.404. The fourth-order valence-corrected chi connectivity index (χ4v) is 1.36. The molecule has 0 fully saturated rings. The second-order valence-corrected chi connectivity index (χ2v) is 3.57. The van der Waals surface area contributed by atoms with Gasteiger partial charge in [0.1, 0.15) is 12.1 Å². The summed E-state index contributed by atoms with van der Waals surface area (Å²) in [4.78, 5) is 13.9.